The Kier molecular flexibility index (Phi) is 5.29. The Labute approximate surface area is 113 Å². The van der Waals surface area contributed by atoms with Crippen LogP contribution in [0.4, 0.5) is 4.39 Å². The second kappa shape index (κ2) is 6.30. The van der Waals surface area contributed by atoms with E-state index in [-0.39, 0.29) is 24.0 Å². The van der Waals surface area contributed by atoms with Crippen LogP contribution in [0.25, 0.3) is 0 Å². The lowest BCUT2D eigenvalue weighted by Gasteiger charge is -2.37. The maximum atomic E-state index is 13.3. The first kappa shape index (κ1) is 15.1. The molecule has 0 heterocycles. The van der Waals surface area contributed by atoms with Crippen LogP contribution >= 0.6 is 12.4 Å². The van der Waals surface area contributed by atoms with E-state index in [2.05, 4.69) is 5.32 Å². The molecule has 0 spiro atoms. The van der Waals surface area contributed by atoms with Crippen LogP contribution in [0.3, 0.4) is 0 Å². The number of nitrogens with one attached hydrogen (secondary N) is 1. The average Bonchev–Trinajstić information content (AvgIpc) is 2.32. The van der Waals surface area contributed by atoms with Gasteiger partial charge in [0.2, 0.25) is 0 Å². The summed E-state index contributed by atoms with van der Waals surface area (Å²) in [7, 11) is 0. The van der Waals surface area contributed by atoms with Gasteiger partial charge in [-0.2, -0.15) is 0 Å². The first-order chi connectivity index (χ1) is 8.19. The zero-order valence-corrected chi connectivity index (χ0v) is 11.4. The molecule has 2 nitrogen and oxygen atoms in total. The van der Waals surface area contributed by atoms with Crippen molar-refractivity contribution in [2.24, 2.45) is 0 Å². The molecule has 0 amide bonds. The first-order valence-corrected chi connectivity index (χ1v) is 6.23. The highest BCUT2D eigenvalue weighted by Gasteiger charge is 2.40. The van der Waals surface area contributed by atoms with Crippen LogP contribution < -0.4 is 5.32 Å². The number of benzene rings is 1. The second-order valence-corrected chi connectivity index (χ2v) is 4.58. The molecule has 1 fully saturated rings. The molecule has 0 aromatic heterocycles. The highest BCUT2D eigenvalue weighted by molar-refractivity contribution is 5.90. The molecule has 0 saturated heterocycles. The smallest absolute Gasteiger partial charge is 0.157 e. The molecule has 1 aliphatic carbocycles. The van der Waals surface area contributed by atoms with Crippen molar-refractivity contribution in [3.63, 3.8) is 0 Å². The van der Waals surface area contributed by atoms with Crippen molar-refractivity contribution in [3.05, 3.63) is 35.6 Å². The standard InChI is InChI=1S/C14H18FNO.ClH/c1-2-16-14(9-4-3-8-13(14)17)11-6-5-7-12(15)10-11;/h5-7,10,16H,2-4,8-9H2,1H3;1H. The molecule has 0 bridgehead atoms. The number of likely N-dealkylation sites (N-methyl/N-ethyl adjacent to an activating group) is 1. The third-order valence-corrected chi connectivity index (χ3v) is 3.48. The summed E-state index contributed by atoms with van der Waals surface area (Å²) >= 11 is 0. The maximum Gasteiger partial charge on any atom is 0.157 e. The van der Waals surface area contributed by atoms with Crippen molar-refractivity contribution >= 4 is 18.2 Å². The lowest BCUT2D eigenvalue weighted by molar-refractivity contribution is -0.128. The fraction of sp³-hybridized carbons (Fsp3) is 0.500. The number of rotatable bonds is 3. The Bertz CT molecular complexity index is 420. The maximum absolute atomic E-state index is 13.3. The Morgan fingerprint density at radius 2 is 2.17 bits per heavy atom. The van der Waals surface area contributed by atoms with Crippen LogP contribution in [0.1, 0.15) is 38.2 Å². The molecule has 1 atom stereocenters. The summed E-state index contributed by atoms with van der Waals surface area (Å²) in [5.74, 6) is -0.0886. The van der Waals surface area contributed by atoms with Gasteiger partial charge in [0.05, 0.1) is 0 Å². The Morgan fingerprint density at radius 3 is 2.78 bits per heavy atom. The molecule has 1 unspecified atom stereocenters. The predicted molar refractivity (Wildman–Crippen MR) is 72.5 cm³/mol. The van der Waals surface area contributed by atoms with Gasteiger partial charge in [-0.25, -0.2) is 4.39 Å². The van der Waals surface area contributed by atoms with Crippen LogP contribution in [-0.4, -0.2) is 12.3 Å². The zero-order chi connectivity index (χ0) is 12.3. The third kappa shape index (κ3) is 2.73. The van der Waals surface area contributed by atoms with Crippen LogP contribution in [0, 0.1) is 5.82 Å². The molecular weight excluding hydrogens is 253 g/mol. The molecule has 1 saturated carbocycles. The largest absolute Gasteiger partial charge is 0.302 e. The molecular formula is C14H19ClFNO. The van der Waals surface area contributed by atoms with Gasteiger partial charge in [-0.05, 0) is 37.1 Å². The molecule has 1 aromatic carbocycles. The van der Waals surface area contributed by atoms with Gasteiger partial charge in [-0.1, -0.05) is 25.5 Å². The van der Waals surface area contributed by atoms with Crippen LogP contribution in [-0.2, 0) is 10.3 Å². The highest BCUT2D eigenvalue weighted by atomic mass is 35.5. The van der Waals surface area contributed by atoms with Crippen molar-refractivity contribution < 1.29 is 9.18 Å². The summed E-state index contributed by atoms with van der Waals surface area (Å²) in [6.45, 7) is 2.69. The number of ketones is 1. The molecule has 18 heavy (non-hydrogen) atoms. The van der Waals surface area contributed by atoms with Crippen LogP contribution in [0.5, 0.6) is 0 Å². The van der Waals surface area contributed by atoms with E-state index in [4.69, 9.17) is 0 Å². The van der Waals surface area contributed by atoms with Crippen molar-refractivity contribution in [1.29, 1.82) is 0 Å². The van der Waals surface area contributed by atoms with Gasteiger partial charge in [0, 0.05) is 6.42 Å². The third-order valence-electron chi connectivity index (χ3n) is 3.48. The topological polar surface area (TPSA) is 29.1 Å². The quantitative estimate of drug-likeness (QED) is 0.915. The normalized spacial score (nSPS) is 23.6. The average molecular weight is 272 g/mol. The van der Waals surface area contributed by atoms with E-state index in [1.54, 1.807) is 6.07 Å². The SMILES string of the molecule is CCNC1(c2cccc(F)c2)CCCCC1=O.Cl. The number of carbonyl (C=O) groups is 1. The van der Waals surface area contributed by atoms with E-state index in [0.29, 0.717) is 13.0 Å². The van der Waals surface area contributed by atoms with Gasteiger partial charge in [0.1, 0.15) is 11.4 Å². The van der Waals surface area contributed by atoms with Gasteiger partial charge in [-0.3, -0.25) is 4.79 Å². The first-order valence-electron chi connectivity index (χ1n) is 6.23. The minimum Gasteiger partial charge on any atom is -0.302 e. The van der Waals surface area contributed by atoms with Crippen molar-refractivity contribution in [3.8, 4) is 0 Å². The Balaban J connectivity index is 0.00000162. The van der Waals surface area contributed by atoms with E-state index >= 15 is 0 Å². The lowest BCUT2D eigenvalue weighted by Crippen LogP contribution is -2.50. The summed E-state index contributed by atoms with van der Waals surface area (Å²) in [4.78, 5) is 12.2. The van der Waals surface area contributed by atoms with Gasteiger partial charge >= 0.3 is 0 Å². The van der Waals surface area contributed by atoms with Crippen molar-refractivity contribution in [2.45, 2.75) is 38.1 Å². The monoisotopic (exact) mass is 271 g/mol. The van der Waals surface area contributed by atoms with Crippen LogP contribution in [0.15, 0.2) is 24.3 Å². The molecule has 0 aliphatic heterocycles. The molecule has 4 heteroatoms. The minimum atomic E-state index is -0.658. The van der Waals surface area contributed by atoms with E-state index in [0.717, 1.165) is 24.8 Å². The Morgan fingerprint density at radius 1 is 1.39 bits per heavy atom. The van der Waals surface area contributed by atoms with Crippen molar-refractivity contribution in [1.82, 2.24) is 5.32 Å². The number of hydrogen-bond donors (Lipinski definition) is 1. The molecule has 1 N–H and O–H groups in total. The second-order valence-electron chi connectivity index (χ2n) is 4.58. The molecule has 1 aliphatic rings. The van der Waals surface area contributed by atoms with Crippen molar-refractivity contribution in [2.75, 3.05) is 6.54 Å². The fourth-order valence-electron chi connectivity index (χ4n) is 2.68. The van der Waals surface area contributed by atoms with Gasteiger partial charge in [-0.15, -0.1) is 12.4 Å². The van der Waals surface area contributed by atoms with E-state index < -0.39 is 5.54 Å². The summed E-state index contributed by atoms with van der Waals surface area (Å²) < 4.78 is 13.3. The van der Waals surface area contributed by atoms with Gasteiger partial charge in [0.25, 0.3) is 0 Å². The summed E-state index contributed by atoms with van der Waals surface area (Å²) in [6.07, 6.45) is 3.31. The number of halogens is 2. The minimum absolute atomic E-state index is 0. The fourth-order valence-corrected chi connectivity index (χ4v) is 2.68. The summed E-state index contributed by atoms with van der Waals surface area (Å²) in [5, 5.41) is 3.28. The summed E-state index contributed by atoms with van der Waals surface area (Å²) in [6, 6.07) is 6.41. The van der Waals surface area contributed by atoms with E-state index in [1.165, 1.54) is 12.1 Å². The van der Waals surface area contributed by atoms with Crippen LogP contribution in [0.2, 0.25) is 0 Å². The highest BCUT2D eigenvalue weighted by Crippen LogP contribution is 2.34. The number of carbonyl (C=O) groups excluding carboxylic acids is 1. The number of hydrogen-bond acceptors (Lipinski definition) is 2. The molecule has 100 valence electrons. The lowest BCUT2D eigenvalue weighted by atomic mass is 9.75. The zero-order valence-electron chi connectivity index (χ0n) is 10.5. The molecule has 0 radical (unpaired) electrons. The summed E-state index contributed by atoms with van der Waals surface area (Å²) in [5.41, 5.74) is 0.110. The number of Topliss-reactive ketones (excluding diaryl/α,β-unsaturated/α-hetero) is 1. The molecule has 2 rings (SSSR count). The molecule has 1 aromatic rings. The van der Waals surface area contributed by atoms with E-state index in [9.17, 15) is 9.18 Å². The van der Waals surface area contributed by atoms with Gasteiger partial charge < -0.3 is 5.32 Å². The predicted octanol–water partition coefficient (Wildman–Crippen LogP) is 3.20. The van der Waals surface area contributed by atoms with E-state index in [1.807, 2.05) is 13.0 Å². The Hall–Kier alpha value is -0.930. The van der Waals surface area contributed by atoms with Gasteiger partial charge in [0.15, 0.2) is 5.78 Å².